The van der Waals surface area contributed by atoms with E-state index in [2.05, 4.69) is 15.2 Å². The van der Waals surface area contributed by atoms with Crippen molar-refractivity contribution in [2.75, 3.05) is 47.8 Å². The highest BCUT2D eigenvalue weighted by atomic mass is 19.4. The molecule has 0 radical (unpaired) electrons. The first-order chi connectivity index (χ1) is 16.4. The van der Waals surface area contributed by atoms with Crippen molar-refractivity contribution < 1.29 is 18.0 Å². The van der Waals surface area contributed by atoms with Crippen molar-refractivity contribution in [3.8, 4) is 0 Å². The number of benzene rings is 1. The maximum Gasteiger partial charge on any atom is 0.401 e. The number of rotatable bonds is 3. The highest BCUT2D eigenvalue weighted by molar-refractivity contribution is 6.00. The maximum absolute atomic E-state index is 13.7. The van der Waals surface area contributed by atoms with E-state index in [1.165, 1.54) is 11.3 Å². The summed E-state index contributed by atoms with van der Waals surface area (Å²) in [6.45, 7) is 1.32. The zero-order valence-electron chi connectivity index (χ0n) is 19.2. The summed E-state index contributed by atoms with van der Waals surface area (Å²) >= 11 is 0. The van der Waals surface area contributed by atoms with E-state index in [0.717, 1.165) is 54.1 Å². The molecule has 2 fully saturated rings. The summed E-state index contributed by atoms with van der Waals surface area (Å²) in [5.41, 5.74) is 3.52. The van der Waals surface area contributed by atoms with Crippen LogP contribution in [0, 0.1) is 5.92 Å². The van der Waals surface area contributed by atoms with Crippen molar-refractivity contribution in [3.05, 3.63) is 42.1 Å². The Kier molecular flexibility index (Phi) is 6.38. The monoisotopic (exact) mass is 473 g/mol. The quantitative estimate of drug-likeness (QED) is 0.685. The molecule has 3 aliphatic rings. The van der Waals surface area contributed by atoms with Crippen molar-refractivity contribution in [2.45, 2.75) is 44.8 Å². The van der Waals surface area contributed by atoms with Gasteiger partial charge in [0.2, 0.25) is 5.91 Å². The number of hydrogen-bond acceptors (Lipinski definition) is 5. The number of hydrogen-bond donors (Lipinski definition) is 1. The molecule has 3 heterocycles. The minimum absolute atomic E-state index is 0.0226. The number of halogens is 3. The molecule has 0 unspecified atom stereocenters. The van der Waals surface area contributed by atoms with Gasteiger partial charge >= 0.3 is 6.18 Å². The Balaban J connectivity index is 1.42. The molecule has 0 spiro atoms. The first kappa shape index (κ1) is 23.0. The molecule has 1 saturated heterocycles. The Morgan fingerprint density at radius 3 is 2.56 bits per heavy atom. The van der Waals surface area contributed by atoms with Crippen LogP contribution in [0.3, 0.4) is 0 Å². The molecule has 0 bridgehead atoms. The normalized spacial score (nSPS) is 19.7. The number of fused-ring (bicyclic) bond motifs is 2. The van der Waals surface area contributed by atoms with Gasteiger partial charge in [-0.15, -0.1) is 0 Å². The Labute approximate surface area is 197 Å². The molecule has 1 aromatic heterocycles. The number of carbonyl (C=O) groups excluding carboxylic acids is 1. The lowest BCUT2D eigenvalue weighted by atomic mass is 9.88. The second-order valence-corrected chi connectivity index (χ2v) is 9.48. The second-order valence-electron chi connectivity index (χ2n) is 9.48. The summed E-state index contributed by atoms with van der Waals surface area (Å²) in [4.78, 5) is 23.6. The maximum atomic E-state index is 13.7. The number of pyridine rings is 1. The summed E-state index contributed by atoms with van der Waals surface area (Å²) in [6.07, 6.45) is 2.72. The molecule has 6 nitrogen and oxygen atoms in total. The third kappa shape index (κ3) is 4.99. The van der Waals surface area contributed by atoms with Gasteiger partial charge in [0, 0.05) is 49.5 Å². The van der Waals surface area contributed by atoms with E-state index >= 15 is 0 Å². The van der Waals surface area contributed by atoms with Crippen LogP contribution in [0.25, 0.3) is 0 Å². The molecular formula is C25H30F3N5O. The van der Waals surface area contributed by atoms with Gasteiger partial charge in [-0.2, -0.15) is 13.2 Å². The fourth-order valence-corrected chi connectivity index (χ4v) is 5.29. The molecule has 1 saturated carbocycles. The third-order valence-electron chi connectivity index (χ3n) is 7.11. The van der Waals surface area contributed by atoms with Gasteiger partial charge in [0.15, 0.2) is 0 Å². The van der Waals surface area contributed by atoms with Gasteiger partial charge in [0.05, 0.1) is 24.5 Å². The predicted octanol–water partition coefficient (Wildman–Crippen LogP) is 4.94. The van der Waals surface area contributed by atoms with E-state index in [-0.39, 0.29) is 11.8 Å². The van der Waals surface area contributed by atoms with E-state index in [0.29, 0.717) is 32.7 Å². The molecule has 34 heavy (non-hydrogen) atoms. The molecule has 9 heteroatoms. The first-order valence-corrected chi connectivity index (χ1v) is 12.1. The zero-order valence-corrected chi connectivity index (χ0v) is 19.2. The van der Waals surface area contributed by atoms with Crippen LogP contribution in [0.15, 0.2) is 36.5 Å². The molecule has 1 aromatic carbocycles. The summed E-state index contributed by atoms with van der Waals surface area (Å²) in [7, 11) is 0. The Morgan fingerprint density at radius 2 is 1.82 bits per heavy atom. The minimum atomic E-state index is -4.18. The number of amides is 1. The number of nitrogens with zero attached hydrogens (tertiary/aromatic N) is 4. The van der Waals surface area contributed by atoms with Gasteiger partial charge in [0.1, 0.15) is 5.82 Å². The van der Waals surface area contributed by atoms with Crippen molar-refractivity contribution in [1.82, 2.24) is 9.88 Å². The van der Waals surface area contributed by atoms with E-state index in [1.807, 2.05) is 35.2 Å². The molecule has 1 aliphatic carbocycles. The fraction of sp³-hybridized carbons (Fsp3) is 0.520. The van der Waals surface area contributed by atoms with Gasteiger partial charge < -0.3 is 15.1 Å². The number of piperazine rings is 1. The summed E-state index contributed by atoms with van der Waals surface area (Å²) in [5, 5.41) is 3.40. The van der Waals surface area contributed by atoms with Crippen LogP contribution < -0.4 is 15.1 Å². The second kappa shape index (κ2) is 9.44. The van der Waals surface area contributed by atoms with Crippen molar-refractivity contribution in [3.63, 3.8) is 0 Å². The smallest absolute Gasteiger partial charge is 0.369 e. The topological polar surface area (TPSA) is 51.7 Å². The first-order valence-electron chi connectivity index (χ1n) is 12.1. The molecule has 2 aliphatic heterocycles. The highest BCUT2D eigenvalue weighted by Gasteiger charge is 2.33. The number of anilines is 4. The Bertz CT molecular complexity index is 1030. The Hall–Kier alpha value is -2.81. The summed E-state index contributed by atoms with van der Waals surface area (Å²) < 4.78 is 38.3. The number of alkyl halides is 3. The van der Waals surface area contributed by atoms with Crippen LogP contribution >= 0.6 is 0 Å². The van der Waals surface area contributed by atoms with E-state index < -0.39 is 12.7 Å². The van der Waals surface area contributed by atoms with Crippen LogP contribution in [0.2, 0.25) is 0 Å². The van der Waals surface area contributed by atoms with Crippen LogP contribution in [0.1, 0.15) is 37.7 Å². The van der Waals surface area contributed by atoms with Crippen LogP contribution in [-0.2, 0) is 11.3 Å². The Morgan fingerprint density at radius 1 is 1.06 bits per heavy atom. The predicted molar refractivity (Wildman–Crippen MR) is 126 cm³/mol. The summed E-state index contributed by atoms with van der Waals surface area (Å²) in [6, 6.07) is 9.81. The lowest BCUT2D eigenvalue weighted by Gasteiger charge is -2.37. The molecule has 182 valence electrons. The van der Waals surface area contributed by atoms with E-state index in [1.54, 1.807) is 6.20 Å². The molecule has 0 atom stereocenters. The van der Waals surface area contributed by atoms with E-state index in [4.69, 9.17) is 0 Å². The standard InChI is InChI=1S/C25H30F3N5O/c26-25(27,28)17-31-11-13-32(14-12-31)20-8-9-21-22(15-20)33(24(34)18-5-2-1-3-6-18)16-19-7-4-10-29-23(19)30-21/h4,7-10,15,18H,1-3,5-6,11-14,16-17H2,(H,29,30). The molecular weight excluding hydrogens is 443 g/mol. The zero-order chi connectivity index (χ0) is 23.7. The molecule has 2 aromatic rings. The van der Waals surface area contributed by atoms with Crippen LogP contribution in [-0.4, -0.2) is 54.7 Å². The van der Waals surface area contributed by atoms with Gasteiger partial charge in [0.25, 0.3) is 0 Å². The van der Waals surface area contributed by atoms with Gasteiger partial charge in [-0.25, -0.2) is 4.98 Å². The minimum Gasteiger partial charge on any atom is -0.369 e. The number of carbonyl (C=O) groups is 1. The summed E-state index contributed by atoms with van der Waals surface area (Å²) in [5.74, 6) is 0.914. The molecule has 1 amide bonds. The van der Waals surface area contributed by atoms with Gasteiger partial charge in [-0.1, -0.05) is 25.3 Å². The molecule has 1 N–H and O–H groups in total. The van der Waals surface area contributed by atoms with Crippen LogP contribution in [0.4, 0.5) is 36.1 Å². The highest BCUT2D eigenvalue weighted by Crippen LogP contribution is 2.39. The number of nitrogens with one attached hydrogen (secondary N) is 1. The van der Waals surface area contributed by atoms with Crippen molar-refractivity contribution in [1.29, 1.82) is 0 Å². The fourth-order valence-electron chi connectivity index (χ4n) is 5.29. The average Bonchev–Trinajstić information content (AvgIpc) is 3.00. The third-order valence-corrected chi connectivity index (χ3v) is 7.11. The SMILES string of the molecule is O=C(C1CCCCC1)N1Cc2cccnc2Nc2ccc(N3CCN(CC(F)(F)F)CC3)cc21. The average molecular weight is 474 g/mol. The van der Waals surface area contributed by atoms with E-state index in [9.17, 15) is 18.0 Å². The molecule has 5 rings (SSSR count). The van der Waals surface area contributed by atoms with Crippen molar-refractivity contribution >= 4 is 28.8 Å². The largest absolute Gasteiger partial charge is 0.401 e. The van der Waals surface area contributed by atoms with Crippen LogP contribution in [0.5, 0.6) is 0 Å². The van der Waals surface area contributed by atoms with Gasteiger partial charge in [-0.05, 0) is 37.1 Å². The van der Waals surface area contributed by atoms with Crippen molar-refractivity contribution in [2.24, 2.45) is 5.92 Å². The lowest BCUT2D eigenvalue weighted by molar-refractivity contribution is -0.146. The lowest BCUT2D eigenvalue weighted by Crippen LogP contribution is -2.49. The number of aromatic nitrogens is 1. The van der Waals surface area contributed by atoms with Gasteiger partial charge in [-0.3, -0.25) is 9.69 Å².